The van der Waals surface area contributed by atoms with Crippen molar-refractivity contribution in [2.45, 2.75) is 6.92 Å². The Labute approximate surface area is 158 Å². The number of carbonyl (C=O) groups is 2. The highest BCUT2D eigenvalue weighted by Gasteiger charge is 2.26. The van der Waals surface area contributed by atoms with Crippen molar-refractivity contribution in [3.05, 3.63) is 64.2 Å². The van der Waals surface area contributed by atoms with E-state index in [2.05, 4.69) is 0 Å². The summed E-state index contributed by atoms with van der Waals surface area (Å²) >= 11 is 6.11. The first-order valence-corrected chi connectivity index (χ1v) is 8.87. The number of hydrogen-bond acceptors (Lipinski definition) is 3. The minimum atomic E-state index is -0.0945. The van der Waals surface area contributed by atoms with Crippen molar-refractivity contribution >= 4 is 23.4 Å². The Morgan fingerprint density at radius 1 is 0.962 bits per heavy atom. The summed E-state index contributed by atoms with van der Waals surface area (Å²) in [6.45, 7) is 3.89. The number of piperazine rings is 1. The number of amides is 2. The number of ether oxygens (including phenoxy) is 1. The molecule has 26 heavy (non-hydrogen) atoms. The molecule has 1 saturated heterocycles. The Hall–Kier alpha value is -2.53. The molecule has 2 aromatic carbocycles. The molecule has 2 amide bonds. The Balaban J connectivity index is 1.65. The molecule has 1 aliphatic heterocycles. The van der Waals surface area contributed by atoms with E-state index >= 15 is 0 Å². The van der Waals surface area contributed by atoms with E-state index in [0.717, 1.165) is 11.3 Å². The molecule has 1 aliphatic rings. The summed E-state index contributed by atoms with van der Waals surface area (Å²) in [6, 6.07) is 12.4. The summed E-state index contributed by atoms with van der Waals surface area (Å²) in [7, 11) is 1.61. The van der Waals surface area contributed by atoms with Crippen LogP contribution in [0.1, 0.15) is 26.3 Å². The SMILES string of the molecule is COc1ccc(C(=O)N2CCN(C(=O)c3ccccc3Cl)CC2)cc1C. The van der Waals surface area contributed by atoms with Crippen LogP contribution >= 0.6 is 11.6 Å². The smallest absolute Gasteiger partial charge is 0.255 e. The second-order valence-electron chi connectivity index (χ2n) is 6.25. The molecule has 0 saturated carbocycles. The van der Waals surface area contributed by atoms with Crippen LogP contribution < -0.4 is 4.74 Å². The molecule has 136 valence electrons. The van der Waals surface area contributed by atoms with Crippen LogP contribution in [0.3, 0.4) is 0 Å². The molecule has 0 radical (unpaired) electrons. The van der Waals surface area contributed by atoms with Crippen LogP contribution in [0.4, 0.5) is 0 Å². The lowest BCUT2D eigenvalue weighted by Crippen LogP contribution is -2.50. The highest BCUT2D eigenvalue weighted by molar-refractivity contribution is 6.33. The maximum atomic E-state index is 12.7. The van der Waals surface area contributed by atoms with E-state index < -0.39 is 0 Å². The number of halogens is 1. The predicted molar refractivity (Wildman–Crippen MR) is 101 cm³/mol. The Morgan fingerprint density at radius 2 is 1.58 bits per heavy atom. The third kappa shape index (κ3) is 3.68. The third-order valence-electron chi connectivity index (χ3n) is 4.60. The summed E-state index contributed by atoms with van der Waals surface area (Å²) in [4.78, 5) is 28.8. The largest absolute Gasteiger partial charge is 0.496 e. The number of benzene rings is 2. The van der Waals surface area contributed by atoms with E-state index in [4.69, 9.17) is 16.3 Å². The van der Waals surface area contributed by atoms with Crippen LogP contribution in [0.2, 0.25) is 5.02 Å². The molecule has 5 nitrogen and oxygen atoms in total. The molecule has 0 unspecified atom stereocenters. The molecule has 0 aliphatic carbocycles. The normalized spacial score (nSPS) is 14.3. The quantitative estimate of drug-likeness (QED) is 0.831. The van der Waals surface area contributed by atoms with Gasteiger partial charge in [0.1, 0.15) is 5.75 Å². The van der Waals surface area contributed by atoms with Crippen molar-refractivity contribution in [1.82, 2.24) is 9.80 Å². The fraction of sp³-hybridized carbons (Fsp3) is 0.300. The molecule has 2 aromatic rings. The molecule has 0 aromatic heterocycles. The summed E-state index contributed by atoms with van der Waals surface area (Å²) in [5.41, 5.74) is 2.06. The van der Waals surface area contributed by atoms with E-state index in [9.17, 15) is 9.59 Å². The van der Waals surface area contributed by atoms with Crippen LogP contribution in [0, 0.1) is 6.92 Å². The van der Waals surface area contributed by atoms with Crippen molar-refractivity contribution < 1.29 is 14.3 Å². The van der Waals surface area contributed by atoms with Crippen molar-refractivity contribution in [2.24, 2.45) is 0 Å². The molecular weight excluding hydrogens is 352 g/mol. The van der Waals surface area contributed by atoms with Gasteiger partial charge in [-0.3, -0.25) is 9.59 Å². The Morgan fingerprint density at radius 3 is 2.15 bits per heavy atom. The number of nitrogens with zero attached hydrogens (tertiary/aromatic N) is 2. The first-order valence-electron chi connectivity index (χ1n) is 8.49. The fourth-order valence-corrected chi connectivity index (χ4v) is 3.33. The van der Waals surface area contributed by atoms with E-state index in [0.29, 0.717) is 42.3 Å². The highest BCUT2D eigenvalue weighted by Crippen LogP contribution is 2.21. The van der Waals surface area contributed by atoms with Crippen molar-refractivity contribution in [3.63, 3.8) is 0 Å². The average molecular weight is 373 g/mol. The van der Waals surface area contributed by atoms with Gasteiger partial charge in [-0.25, -0.2) is 0 Å². The summed E-state index contributed by atoms with van der Waals surface area (Å²) in [6.07, 6.45) is 0. The Kier molecular flexibility index (Phi) is 5.47. The van der Waals surface area contributed by atoms with Gasteiger partial charge in [0.05, 0.1) is 17.7 Å². The minimum Gasteiger partial charge on any atom is -0.496 e. The van der Waals surface area contributed by atoms with Crippen molar-refractivity contribution in [1.29, 1.82) is 0 Å². The lowest BCUT2D eigenvalue weighted by atomic mass is 10.1. The zero-order valence-electron chi connectivity index (χ0n) is 14.9. The van der Waals surface area contributed by atoms with Crippen molar-refractivity contribution in [2.75, 3.05) is 33.3 Å². The summed E-state index contributed by atoms with van der Waals surface area (Å²) in [5, 5.41) is 0.449. The van der Waals surface area contributed by atoms with E-state index in [1.807, 2.05) is 13.0 Å². The number of carbonyl (C=O) groups excluding carboxylic acids is 2. The molecular formula is C20H21ClN2O3. The van der Waals surface area contributed by atoms with Gasteiger partial charge in [0.15, 0.2) is 0 Å². The molecule has 3 rings (SSSR count). The molecule has 0 bridgehead atoms. The van der Waals surface area contributed by atoms with Gasteiger partial charge >= 0.3 is 0 Å². The maximum Gasteiger partial charge on any atom is 0.255 e. The number of methoxy groups -OCH3 is 1. The number of aryl methyl sites for hydroxylation is 1. The lowest BCUT2D eigenvalue weighted by molar-refractivity contribution is 0.0535. The van der Waals surface area contributed by atoms with Gasteiger partial charge < -0.3 is 14.5 Å². The zero-order chi connectivity index (χ0) is 18.7. The van der Waals surface area contributed by atoms with E-state index in [1.165, 1.54) is 0 Å². The van der Waals surface area contributed by atoms with Crippen LogP contribution in [-0.4, -0.2) is 54.9 Å². The van der Waals surface area contributed by atoms with Gasteiger partial charge in [-0.2, -0.15) is 0 Å². The van der Waals surface area contributed by atoms with Gasteiger partial charge in [0.2, 0.25) is 0 Å². The second-order valence-corrected chi connectivity index (χ2v) is 6.66. The summed E-state index contributed by atoms with van der Waals surface area (Å²) < 4.78 is 5.24. The average Bonchev–Trinajstić information content (AvgIpc) is 2.67. The lowest BCUT2D eigenvalue weighted by Gasteiger charge is -2.35. The predicted octanol–water partition coefficient (Wildman–Crippen LogP) is 3.26. The van der Waals surface area contributed by atoms with Crippen LogP contribution in [-0.2, 0) is 0 Å². The minimum absolute atomic E-state index is 0.0272. The molecule has 0 atom stereocenters. The van der Waals surface area contributed by atoms with E-state index in [-0.39, 0.29) is 11.8 Å². The van der Waals surface area contributed by atoms with E-state index in [1.54, 1.807) is 53.3 Å². The molecule has 6 heteroatoms. The number of rotatable bonds is 3. The van der Waals surface area contributed by atoms with Crippen LogP contribution in [0.15, 0.2) is 42.5 Å². The standard InChI is InChI=1S/C20H21ClN2O3/c1-14-13-15(7-8-18(14)26-2)19(24)22-9-11-23(12-10-22)20(25)16-5-3-4-6-17(16)21/h3-8,13H,9-12H2,1-2H3. The van der Waals surface area contributed by atoms with Gasteiger partial charge in [0.25, 0.3) is 11.8 Å². The number of hydrogen-bond donors (Lipinski definition) is 0. The molecule has 1 heterocycles. The van der Waals surface area contributed by atoms with Gasteiger partial charge in [-0.15, -0.1) is 0 Å². The molecule has 1 fully saturated rings. The monoisotopic (exact) mass is 372 g/mol. The van der Waals surface area contributed by atoms with Crippen LogP contribution in [0.25, 0.3) is 0 Å². The summed E-state index contributed by atoms with van der Waals surface area (Å²) in [5.74, 6) is 0.639. The van der Waals surface area contributed by atoms with Gasteiger partial charge in [0, 0.05) is 31.7 Å². The van der Waals surface area contributed by atoms with Crippen molar-refractivity contribution in [3.8, 4) is 5.75 Å². The topological polar surface area (TPSA) is 49.9 Å². The molecule has 0 spiro atoms. The zero-order valence-corrected chi connectivity index (χ0v) is 15.6. The Bertz CT molecular complexity index is 830. The first kappa shape index (κ1) is 18.3. The molecule has 0 N–H and O–H groups in total. The highest BCUT2D eigenvalue weighted by atomic mass is 35.5. The van der Waals surface area contributed by atoms with Crippen LogP contribution in [0.5, 0.6) is 5.75 Å². The third-order valence-corrected chi connectivity index (χ3v) is 4.93. The second kappa shape index (κ2) is 7.79. The van der Waals surface area contributed by atoms with Gasteiger partial charge in [-0.05, 0) is 42.8 Å². The fourth-order valence-electron chi connectivity index (χ4n) is 3.11. The van der Waals surface area contributed by atoms with Gasteiger partial charge in [-0.1, -0.05) is 23.7 Å². The maximum absolute atomic E-state index is 12.7. The first-order chi connectivity index (χ1) is 12.5.